The van der Waals surface area contributed by atoms with Crippen molar-refractivity contribution in [3.05, 3.63) is 30.3 Å². The van der Waals surface area contributed by atoms with Crippen LogP contribution in [0.3, 0.4) is 0 Å². The van der Waals surface area contributed by atoms with Crippen LogP contribution in [0.2, 0.25) is 0 Å². The minimum atomic E-state index is 0.442. The normalized spacial score (nSPS) is 10.9. The second kappa shape index (κ2) is 5.40. The largest absolute Gasteiger partial charge is 0.382 e. The monoisotopic (exact) mass is 261 g/mol. The lowest BCUT2D eigenvalue weighted by Crippen LogP contribution is -2.29. The van der Waals surface area contributed by atoms with Crippen molar-refractivity contribution in [3.63, 3.8) is 0 Å². The number of rotatable bonds is 4. The molecule has 18 heavy (non-hydrogen) atoms. The quantitative estimate of drug-likeness (QED) is 0.914. The molecule has 3 nitrogen and oxygen atoms in total. The number of nitrogens with two attached hydrogens (primary N) is 1. The van der Waals surface area contributed by atoms with Gasteiger partial charge in [-0.25, -0.2) is 0 Å². The minimum absolute atomic E-state index is 0.442. The van der Waals surface area contributed by atoms with Crippen LogP contribution in [-0.4, -0.2) is 17.0 Å². The first-order chi connectivity index (χ1) is 8.65. The molecule has 0 fully saturated rings. The molecule has 0 spiro atoms. The highest BCUT2D eigenvalue weighted by molar-refractivity contribution is 7.11. The summed E-state index contributed by atoms with van der Waals surface area (Å²) < 4.78 is 4.32. The molecule has 0 amide bonds. The predicted octanol–water partition coefficient (Wildman–Crippen LogP) is 3.63. The Morgan fingerprint density at radius 1 is 1.28 bits per heavy atom. The van der Waals surface area contributed by atoms with Gasteiger partial charge in [0.15, 0.2) is 0 Å². The molecule has 0 saturated carbocycles. The van der Waals surface area contributed by atoms with Gasteiger partial charge in [-0.05, 0) is 37.9 Å². The topological polar surface area (TPSA) is 42.2 Å². The molecule has 0 unspecified atom stereocenters. The molecule has 2 N–H and O–H groups in total. The maximum absolute atomic E-state index is 6.04. The molecule has 0 aliphatic carbocycles. The van der Waals surface area contributed by atoms with Gasteiger partial charge in [0.25, 0.3) is 0 Å². The fraction of sp³-hybridized carbons (Fsp3) is 0.357. The Morgan fingerprint density at radius 2 is 1.94 bits per heavy atom. The summed E-state index contributed by atoms with van der Waals surface area (Å²) in [4.78, 5) is 2.33. The van der Waals surface area contributed by atoms with Crippen LogP contribution in [-0.2, 0) is 0 Å². The smallest absolute Gasteiger partial charge is 0.147 e. The van der Waals surface area contributed by atoms with Gasteiger partial charge in [0.05, 0.1) is 5.56 Å². The Morgan fingerprint density at radius 3 is 2.50 bits per heavy atom. The van der Waals surface area contributed by atoms with E-state index in [9.17, 15) is 0 Å². The van der Waals surface area contributed by atoms with E-state index in [1.165, 1.54) is 11.5 Å². The van der Waals surface area contributed by atoms with Crippen LogP contribution in [0.4, 0.5) is 10.8 Å². The zero-order chi connectivity index (χ0) is 13.1. The number of anilines is 2. The van der Waals surface area contributed by atoms with Gasteiger partial charge in [-0.1, -0.05) is 30.3 Å². The Bertz CT molecular complexity index is 505. The van der Waals surface area contributed by atoms with E-state index in [4.69, 9.17) is 5.73 Å². The molecule has 1 aromatic carbocycles. The van der Waals surface area contributed by atoms with Crippen LogP contribution >= 0.6 is 11.5 Å². The number of nitrogens with zero attached hydrogens (tertiary/aromatic N) is 2. The zero-order valence-corrected chi connectivity index (χ0v) is 11.9. The molecule has 0 radical (unpaired) electrons. The van der Waals surface area contributed by atoms with Gasteiger partial charge in [-0.15, -0.1) is 0 Å². The summed E-state index contributed by atoms with van der Waals surface area (Å²) in [6, 6.07) is 10.7. The summed E-state index contributed by atoms with van der Waals surface area (Å²) >= 11 is 1.48. The fourth-order valence-electron chi connectivity index (χ4n) is 2.11. The van der Waals surface area contributed by atoms with E-state index in [-0.39, 0.29) is 0 Å². The highest BCUT2D eigenvalue weighted by Crippen LogP contribution is 2.39. The summed E-state index contributed by atoms with van der Waals surface area (Å²) in [6.07, 6.45) is 0. The third-order valence-corrected chi connectivity index (χ3v) is 3.89. The first-order valence-corrected chi connectivity index (χ1v) is 6.99. The Hall–Kier alpha value is -1.55. The SMILES string of the molecule is CCN(c1snc(N)c1-c1ccccc1)C(C)C. The molecule has 0 atom stereocenters. The van der Waals surface area contributed by atoms with Gasteiger partial charge in [0.1, 0.15) is 10.8 Å². The van der Waals surface area contributed by atoms with Crippen molar-refractivity contribution in [2.75, 3.05) is 17.2 Å². The lowest BCUT2D eigenvalue weighted by Gasteiger charge is -2.26. The van der Waals surface area contributed by atoms with E-state index in [0.29, 0.717) is 11.9 Å². The average Bonchev–Trinajstić information content (AvgIpc) is 2.73. The van der Waals surface area contributed by atoms with Crippen LogP contribution in [0.5, 0.6) is 0 Å². The minimum Gasteiger partial charge on any atom is -0.382 e. The van der Waals surface area contributed by atoms with Crippen LogP contribution in [0.1, 0.15) is 20.8 Å². The molecule has 0 bridgehead atoms. The lowest BCUT2D eigenvalue weighted by atomic mass is 10.1. The number of nitrogen functional groups attached to an aromatic ring is 1. The summed E-state index contributed by atoms with van der Waals surface area (Å²) in [7, 11) is 0. The van der Waals surface area contributed by atoms with Crippen molar-refractivity contribution < 1.29 is 0 Å². The van der Waals surface area contributed by atoms with Crippen molar-refractivity contribution in [3.8, 4) is 11.1 Å². The maximum atomic E-state index is 6.04. The van der Waals surface area contributed by atoms with Gasteiger partial charge in [-0.3, -0.25) is 0 Å². The molecular formula is C14H19N3S. The van der Waals surface area contributed by atoms with Crippen molar-refractivity contribution in [2.24, 2.45) is 0 Å². The van der Waals surface area contributed by atoms with Gasteiger partial charge >= 0.3 is 0 Å². The Kier molecular flexibility index (Phi) is 3.87. The Balaban J connectivity index is 2.51. The zero-order valence-electron chi connectivity index (χ0n) is 11.1. The first-order valence-electron chi connectivity index (χ1n) is 6.22. The van der Waals surface area contributed by atoms with Crippen LogP contribution < -0.4 is 10.6 Å². The van der Waals surface area contributed by atoms with Crippen LogP contribution in [0.15, 0.2) is 30.3 Å². The van der Waals surface area contributed by atoms with E-state index in [1.807, 2.05) is 18.2 Å². The third kappa shape index (κ3) is 2.34. The molecule has 0 saturated heterocycles. The van der Waals surface area contributed by atoms with Crippen molar-refractivity contribution >= 4 is 22.4 Å². The molecule has 4 heteroatoms. The summed E-state index contributed by atoms with van der Waals surface area (Å²) in [5.74, 6) is 0.625. The first kappa shape index (κ1) is 12.9. The summed E-state index contributed by atoms with van der Waals surface area (Å²) in [6.45, 7) is 7.49. The Labute approximate surface area is 112 Å². The molecule has 1 heterocycles. The van der Waals surface area contributed by atoms with E-state index in [2.05, 4.69) is 42.2 Å². The lowest BCUT2D eigenvalue weighted by molar-refractivity contribution is 0.710. The molecule has 1 aromatic heterocycles. The van der Waals surface area contributed by atoms with Gasteiger partial charge in [0, 0.05) is 12.6 Å². The van der Waals surface area contributed by atoms with Crippen LogP contribution in [0.25, 0.3) is 11.1 Å². The maximum Gasteiger partial charge on any atom is 0.147 e. The van der Waals surface area contributed by atoms with Crippen molar-refractivity contribution in [1.29, 1.82) is 0 Å². The third-order valence-electron chi connectivity index (χ3n) is 2.99. The fourth-order valence-corrected chi connectivity index (χ4v) is 3.14. The number of aromatic nitrogens is 1. The standard InChI is InChI=1S/C14H19N3S/c1-4-17(10(2)3)14-12(13(15)16-18-14)11-8-6-5-7-9-11/h5-10H,4H2,1-3H3,(H2,15,16). The van der Waals surface area contributed by atoms with Crippen molar-refractivity contribution in [1.82, 2.24) is 4.37 Å². The molecule has 0 aliphatic heterocycles. The predicted molar refractivity (Wildman–Crippen MR) is 80.1 cm³/mol. The second-order valence-corrected chi connectivity index (χ2v) is 5.25. The molecule has 2 rings (SSSR count). The van der Waals surface area contributed by atoms with Gasteiger partial charge in [0.2, 0.25) is 0 Å². The molecule has 2 aromatic rings. The highest BCUT2D eigenvalue weighted by atomic mass is 32.1. The molecule has 96 valence electrons. The average molecular weight is 261 g/mol. The van der Waals surface area contributed by atoms with E-state index in [0.717, 1.165) is 22.7 Å². The van der Waals surface area contributed by atoms with E-state index < -0.39 is 0 Å². The molecule has 0 aliphatic rings. The van der Waals surface area contributed by atoms with Gasteiger partial charge in [-0.2, -0.15) is 4.37 Å². The summed E-state index contributed by atoms with van der Waals surface area (Å²) in [5, 5.41) is 1.16. The highest BCUT2D eigenvalue weighted by Gasteiger charge is 2.19. The van der Waals surface area contributed by atoms with Crippen LogP contribution in [0, 0.1) is 0 Å². The second-order valence-electron chi connectivity index (χ2n) is 4.49. The van der Waals surface area contributed by atoms with Crippen molar-refractivity contribution in [2.45, 2.75) is 26.8 Å². The van der Waals surface area contributed by atoms with Gasteiger partial charge < -0.3 is 10.6 Å². The number of benzene rings is 1. The number of hydrogen-bond donors (Lipinski definition) is 1. The van der Waals surface area contributed by atoms with E-state index in [1.54, 1.807) is 0 Å². The number of hydrogen-bond acceptors (Lipinski definition) is 4. The van der Waals surface area contributed by atoms with E-state index >= 15 is 0 Å². The summed E-state index contributed by atoms with van der Waals surface area (Å²) in [5.41, 5.74) is 8.24. The molecular weight excluding hydrogens is 242 g/mol.